The van der Waals surface area contributed by atoms with Gasteiger partial charge in [0.25, 0.3) is 5.91 Å². The van der Waals surface area contributed by atoms with Gasteiger partial charge >= 0.3 is 0 Å². The average Bonchev–Trinajstić information content (AvgIpc) is 2.59. The van der Waals surface area contributed by atoms with E-state index in [1.165, 1.54) is 5.56 Å². The number of nitrogens with one attached hydrogen (secondary N) is 2. The van der Waals surface area contributed by atoms with E-state index >= 15 is 0 Å². The molecule has 0 aliphatic rings. The zero-order valence-corrected chi connectivity index (χ0v) is 17.1. The van der Waals surface area contributed by atoms with Crippen molar-refractivity contribution in [1.82, 2.24) is 5.32 Å². The molecular weight excluding hydrogens is 356 g/mol. The van der Waals surface area contributed by atoms with Crippen molar-refractivity contribution in [1.29, 1.82) is 0 Å². The molecule has 0 aromatic heterocycles. The number of carbonyl (C=O) groups excluding carboxylic acids is 1. The molecule has 0 aliphatic carbocycles. The minimum Gasteiger partial charge on any atom is -0.489 e. The summed E-state index contributed by atoms with van der Waals surface area (Å²) >= 11 is 5.25. The summed E-state index contributed by atoms with van der Waals surface area (Å²) in [5, 5.41) is 5.94. The zero-order chi connectivity index (χ0) is 20.0. The number of ether oxygens (including phenoxy) is 1. The van der Waals surface area contributed by atoms with Crippen molar-refractivity contribution < 1.29 is 9.53 Å². The van der Waals surface area contributed by atoms with Crippen molar-refractivity contribution in [2.24, 2.45) is 0 Å². The standard InChI is InChI=1S/C22H26N2O2S/c1-15(2)14-26-19-8-6-7-18(13-19)23-21(27)24-20(25)16-9-11-17(12-10-16)22(3,4)5/h6-13H,1,14H2,2-5H3,(H2,23,24,25,27). The Morgan fingerprint density at radius 3 is 2.41 bits per heavy atom. The van der Waals surface area contributed by atoms with Gasteiger partial charge < -0.3 is 10.1 Å². The van der Waals surface area contributed by atoms with Crippen LogP contribution in [-0.4, -0.2) is 17.6 Å². The van der Waals surface area contributed by atoms with Crippen LogP contribution in [0.3, 0.4) is 0 Å². The highest BCUT2D eigenvalue weighted by Gasteiger charge is 2.14. The van der Waals surface area contributed by atoms with Crippen LogP contribution in [-0.2, 0) is 5.41 Å². The second-order valence-corrected chi connectivity index (χ2v) is 7.92. The van der Waals surface area contributed by atoms with Crippen molar-refractivity contribution in [3.05, 3.63) is 71.8 Å². The van der Waals surface area contributed by atoms with Gasteiger partial charge in [-0.25, -0.2) is 0 Å². The smallest absolute Gasteiger partial charge is 0.257 e. The van der Waals surface area contributed by atoms with Gasteiger partial charge in [0.05, 0.1) is 0 Å². The van der Waals surface area contributed by atoms with Crippen molar-refractivity contribution in [2.45, 2.75) is 33.1 Å². The maximum Gasteiger partial charge on any atom is 0.257 e. The lowest BCUT2D eigenvalue weighted by atomic mass is 9.87. The van der Waals surface area contributed by atoms with E-state index in [1.807, 2.05) is 55.5 Å². The Hall–Kier alpha value is -2.66. The summed E-state index contributed by atoms with van der Waals surface area (Å²) in [5.74, 6) is 0.456. The molecule has 0 heterocycles. The Morgan fingerprint density at radius 2 is 1.81 bits per heavy atom. The predicted octanol–water partition coefficient (Wildman–Crippen LogP) is 5.07. The monoisotopic (exact) mass is 382 g/mol. The molecule has 0 atom stereocenters. The molecule has 0 spiro atoms. The average molecular weight is 383 g/mol. The minimum absolute atomic E-state index is 0.0447. The summed E-state index contributed by atoms with van der Waals surface area (Å²) in [4.78, 5) is 12.4. The Labute approximate surface area is 166 Å². The van der Waals surface area contributed by atoms with Gasteiger partial charge in [0.1, 0.15) is 12.4 Å². The second-order valence-electron chi connectivity index (χ2n) is 7.51. The first-order valence-electron chi connectivity index (χ1n) is 8.75. The SMILES string of the molecule is C=C(C)COc1cccc(NC(=S)NC(=O)c2ccc(C(C)(C)C)cc2)c1. The highest BCUT2D eigenvalue weighted by molar-refractivity contribution is 7.80. The summed E-state index contributed by atoms with van der Waals surface area (Å²) in [5.41, 5.74) is 3.46. The van der Waals surface area contributed by atoms with Gasteiger partial charge in [0, 0.05) is 17.3 Å². The Balaban J connectivity index is 1.96. The minimum atomic E-state index is -0.248. The molecule has 2 rings (SSSR count). The fourth-order valence-corrected chi connectivity index (χ4v) is 2.54. The largest absolute Gasteiger partial charge is 0.489 e. The van der Waals surface area contributed by atoms with E-state index in [-0.39, 0.29) is 16.4 Å². The fourth-order valence-electron chi connectivity index (χ4n) is 2.33. The van der Waals surface area contributed by atoms with Crippen LogP contribution in [0.5, 0.6) is 5.75 Å². The van der Waals surface area contributed by atoms with Gasteiger partial charge in [0.15, 0.2) is 5.11 Å². The molecular formula is C22H26N2O2S. The molecule has 0 fully saturated rings. The van der Waals surface area contributed by atoms with E-state index in [4.69, 9.17) is 17.0 Å². The number of hydrogen-bond donors (Lipinski definition) is 2. The van der Waals surface area contributed by atoms with Gasteiger partial charge in [-0.1, -0.05) is 45.5 Å². The normalized spacial score (nSPS) is 10.8. The van der Waals surface area contributed by atoms with Crippen LogP contribution in [0.2, 0.25) is 0 Å². The van der Waals surface area contributed by atoms with E-state index in [9.17, 15) is 4.79 Å². The van der Waals surface area contributed by atoms with Crippen molar-refractivity contribution in [3.8, 4) is 5.75 Å². The molecule has 0 bridgehead atoms. The lowest BCUT2D eigenvalue weighted by Gasteiger charge is -2.19. The molecule has 5 heteroatoms. The summed E-state index contributed by atoms with van der Waals surface area (Å²) in [6.45, 7) is 12.6. The van der Waals surface area contributed by atoms with E-state index in [2.05, 4.69) is 38.0 Å². The van der Waals surface area contributed by atoms with Gasteiger partial charge in [0.2, 0.25) is 0 Å². The first-order chi connectivity index (χ1) is 12.6. The van der Waals surface area contributed by atoms with Gasteiger partial charge in [-0.15, -0.1) is 0 Å². The first-order valence-corrected chi connectivity index (χ1v) is 9.16. The topological polar surface area (TPSA) is 50.4 Å². The lowest BCUT2D eigenvalue weighted by Crippen LogP contribution is -2.34. The number of hydrogen-bond acceptors (Lipinski definition) is 3. The third-order valence-corrected chi connectivity index (χ3v) is 4.02. The number of benzene rings is 2. The van der Waals surface area contributed by atoms with Gasteiger partial charge in [-0.05, 0) is 60.0 Å². The first kappa shape index (κ1) is 20.6. The number of thiocarbonyl (C=S) groups is 1. The van der Waals surface area contributed by atoms with E-state index in [1.54, 1.807) is 0 Å². The molecule has 0 aliphatic heterocycles. The maximum absolute atomic E-state index is 12.4. The van der Waals surface area contributed by atoms with Crippen LogP contribution in [0.25, 0.3) is 0 Å². The summed E-state index contributed by atoms with van der Waals surface area (Å²) in [6, 6.07) is 14.9. The molecule has 4 nitrogen and oxygen atoms in total. The zero-order valence-electron chi connectivity index (χ0n) is 16.3. The second kappa shape index (κ2) is 8.82. The highest BCUT2D eigenvalue weighted by atomic mass is 32.1. The quantitative estimate of drug-likeness (QED) is 0.560. The highest BCUT2D eigenvalue weighted by Crippen LogP contribution is 2.22. The van der Waals surface area contributed by atoms with Crippen LogP contribution in [0, 0.1) is 0 Å². The fraction of sp³-hybridized carbons (Fsp3) is 0.273. The molecule has 0 radical (unpaired) electrons. The van der Waals surface area contributed by atoms with Crippen molar-refractivity contribution >= 4 is 28.9 Å². The summed E-state index contributed by atoms with van der Waals surface area (Å²) in [7, 11) is 0. The molecule has 2 aromatic carbocycles. The van der Waals surface area contributed by atoms with E-state index < -0.39 is 0 Å². The summed E-state index contributed by atoms with van der Waals surface area (Å²) < 4.78 is 5.61. The maximum atomic E-state index is 12.4. The number of anilines is 1. The Morgan fingerprint density at radius 1 is 1.15 bits per heavy atom. The molecule has 142 valence electrons. The van der Waals surface area contributed by atoms with Crippen LogP contribution >= 0.6 is 12.2 Å². The van der Waals surface area contributed by atoms with E-state index in [0.717, 1.165) is 11.3 Å². The molecule has 27 heavy (non-hydrogen) atoms. The molecule has 1 amide bonds. The van der Waals surface area contributed by atoms with Crippen LogP contribution in [0.4, 0.5) is 5.69 Å². The van der Waals surface area contributed by atoms with E-state index in [0.29, 0.717) is 17.9 Å². The third-order valence-electron chi connectivity index (χ3n) is 3.82. The molecule has 0 unspecified atom stereocenters. The van der Waals surface area contributed by atoms with Crippen molar-refractivity contribution in [2.75, 3.05) is 11.9 Å². The third kappa shape index (κ3) is 6.53. The lowest BCUT2D eigenvalue weighted by molar-refractivity contribution is 0.0977. The van der Waals surface area contributed by atoms with Crippen LogP contribution < -0.4 is 15.4 Å². The molecule has 2 N–H and O–H groups in total. The molecule has 0 saturated heterocycles. The van der Waals surface area contributed by atoms with Crippen LogP contribution in [0.15, 0.2) is 60.7 Å². The predicted molar refractivity (Wildman–Crippen MR) is 116 cm³/mol. The molecule has 0 saturated carbocycles. The van der Waals surface area contributed by atoms with Gasteiger partial charge in [-0.2, -0.15) is 0 Å². The van der Waals surface area contributed by atoms with Crippen LogP contribution in [0.1, 0.15) is 43.6 Å². The number of carbonyl (C=O) groups is 1. The Bertz CT molecular complexity index is 836. The summed E-state index contributed by atoms with van der Waals surface area (Å²) in [6.07, 6.45) is 0. The van der Waals surface area contributed by atoms with Gasteiger partial charge in [-0.3, -0.25) is 10.1 Å². The molecule has 2 aromatic rings. The Kier molecular flexibility index (Phi) is 6.75. The van der Waals surface area contributed by atoms with Crippen molar-refractivity contribution in [3.63, 3.8) is 0 Å². The number of rotatable bonds is 5. The number of amides is 1.